The molecule has 0 amide bonds. The second-order valence-corrected chi connectivity index (χ2v) is 5.65. The third-order valence-corrected chi connectivity index (χ3v) is 3.70. The maximum Gasteiger partial charge on any atom is 0.119 e. The van der Waals surface area contributed by atoms with Crippen molar-refractivity contribution in [2.24, 2.45) is 5.73 Å². The van der Waals surface area contributed by atoms with E-state index in [0.717, 1.165) is 41.5 Å². The molecule has 0 bridgehead atoms. The van der Waals surface area contributed by atoms with E-state index in [0.29, 0.717) is 0 Å². The van der Waals surface area contributed by atoms with E-state index in [1.165, 1.54) is 0 Å². The lowest BCUT2D eigenvalue weighted by Gasteiger charge is -2.11. The maximum atomic E-state index is 6.21. The topological polar surface area (TPSA) is 48.1 Å². The molecule has 2 aromatic rings. The summed E-state index contributed by atoms with van der Waals surface area (Å²) in [5.41, 5.74) is 8.40. The lowest BCUT2D eigenvalue weighted by atomic mass is 10.0. The summed E-state index contributed by atoms with van der Waals surface area (Å²) >= 11 is 1.67. The average molecular weight is 276 g/mol. The van der Waals surface area contributed by atoms with Gasteiger partial charge in [0.1, 0.15) is 5.75 Å². The minimum atomic E-state index is -0.0123. The highest BCUT2D eigenvalue weighted by Crippen LogP contribution is 2.20. The van der Waals surface area contributed by atoms with Crippen LogP contribution < -0.4 is 10.5 Å². The molecule has 0 saturated carbocycles. The van der Waals surface area contributed by atoms with E-state index >= 15 is 0 Å². The SMILES string of the molecule is CCCOc1ccc(C(N)Cc2csc(C)n2)cc1. The standard InChI is InChI=1S/C15H20N2OS/c1-3-8-18-14-6-4-12(5-7-14)15(16)9-13-10-19-11(2)17-13/h4-7,10,15H,3,8-9,16H2,1-2H3. The van der Waals surface area contributed by atoms with Crippen LogP contribution in [0.25, 0.3) is 0 Å². The van der Waals surface area contributed by atoms with Crippen molar-refractivity contribution in [3.63, 3.8) is 0 Å². The van der Waals surface area contributed by atoms with Gasteiger partial charge in [-0.2, -0.15) is 0 Å². The van der Waals surface area contributed by atoms with Crippen LogP contribution in [-0.2, 0) is 6.42 Å². The molecule has 2 N–H and O–H groups in total. The average Bonchev–Trinajstić information content (AvgIpc) is 2.82. The number of nitrogens with two attached hydrogens (primary N) is 1. The quantitative estimate of drug-likeness (QED) is 0.878. The van der Waals surface area contributed by atoms with E-state index in [1.54, 1.807) is 11.3 Å². The minimum absolute atomic E-state index is 0.0123. The maximum absolute atomic E-state index is 6.21. The molecular formula is C15H20N2OS. The molecule has 1 heterocycles. The smallest absolute Gasteiger partial charge is 0.119 e. The number of aromatic nitrogens is 1. The Balaban J connectivity index is 1.97. The van der Waals surface area contributed by atoms with Crippen molar-refractivity contribution < 1.29 is 4.74 Å². The molecule has 0 aliphatic rings. The van der Waals surface area contributed by atoms with Crippen LogP contribution in [0.15, 0.2) is 29.6 Å². The monoisotopic (exact) mass is 276 g/mol. The Morgan fingerprint density at radius 2 is 2.05 bits per heavy atom. The van der Waals surface area contributed by atoms with Crippen molar-refractivity contribution in [2.45, 2.75) is 32.7 Å². The molecule has 0 spiro atoms. The predicted molar refractivity (Wildman–Crippen MR) is 79.7 cm³/mol. The summed E-state index contributed by atoms with van der Waals surface area (Å²) in [4.78, 5) is 4.45. The zero-order valence-corrected chi connectivity index (χ0v) is 12.2. The lowest BCUT2D eigenvalue weighted by Crippen LogP contribution is -2.13. The largest absolute Gasteiger partial charge is 0.494 e. The van der Waals surface area contributed by atoms with Gasteiger partial charge in [0.2, 0.25) is 0 Å². The minimum Gasteiger partial charge on any atom is -0.494 e. The Morgan fingerprint density at radius 1 is 1.32 bits per heavy atom. The second kappa shape index (κ2) is 6.68. The van der Waals surface area contributed by atoms with Crippen LogP contribution in [0.2, 0.25) is 0 Å². The fourth-order valence-electron chi connectivity index (χ4n) is 1.88. The van der Waals surface area contributed by atoms with Crippen LogP contribution in [0, 0.1) is 6.92 Å². The fraction of sp³-hybridized carbons (Fsp3) is 0.400. The number of hydrogen-bond acceptors (Lipinski definition) is 4. The summed E-state index contributed by atoms with van der Waals surface area (Å²) < 4.78 is 5.56. The van der Waals surface area contributed by atoms with Gasteiger partial charge in [-0.25, -0.2) is 4.98 Å². The molecule has 1 aromatic carbocycles. The first-order valence-corrected chi connectivity index (χ1v) is 7.46. The molecule has 1 aromatic heterocycles. The molecule has 0 saturated heterocycles. The van der Waals surface area contributed by atoms with Crippen molar-refractivity contribution in [1.29, 1.82) is 0 Å². The van der Waals surface area contributed by atoms with Crippen molar-refractivity contribution >= 4 is 11.3 Å². The number of nitrogens with zero attached hydrogens (tertiary/aromatic N) is 1. The zero-order chi connectivity index (χ0) is 13.7. The van der Waals surface area contributed by atoms with E-state index < -0.39 is 0 Å². The summed E-state index contributed by atoms with van der Waals surface area (Å²) in [6.07, 6.45) is 1.80. The van der Waals surface area contributed by atoms with Crippen molar-refractivity contribution in [3.05, 3.63) is 45.9 Å². The van der Waals surface area contributed by atoms with Gasteiger partial charge < -0.3 is 10.5 Å². The molecule has 1 unspecified atom stereocenters. The van der Waals surface area contributed by atoms with Gasteiger partial charge in [0.25, 0.3) is 0 Å². The molecule has 3 nitrogen and oxygen atoms in total. The molecular weight excluding hydrogens is 256 g/mol. The zero-order valence-electron chi connectivity index (χ0n) is 11.4. The van der Waals surface area contributed by atoms with Gasteiger partial charge >= 0.3 is 0 Å². The molecule has 1 atom stereocenters. The number of rotatable bonds is 6. The summed E-state index contributed by atoms with van der Waals surface area (Å²) in [5.74, 6) is 0.905. The highest BCUT2D eigenvalue weighted by molar-refractivity contribution is 7.09. The van der Waals surface area contributed by atoms with Crippen molar-refractivity contribution in [1.82, 2.24) is 4.98 Å². The highest BCUT2D eigenvalue weighted by Gasteiger charge is 2.09. The third-order valence-electron chi connectivity index (χ3n) is 2.88. The van der Waals surface area contributed by atoms with Gasteiger partial charge in [-0.15, -0.1) is 11.3 Å². The summed E-state index contributed by atoms with van der Waals surface area (Å²) in [6.45, 7) is 4.86. The fourth-order valence-corrected chi connectivity index (χ4v) is 2.50. The van der Waals surface area contributed by atoms with E-state index in [-0.39, 0.29) is 6.04 Å². The van der Waals surface area contributed by atoms with Crippen molar-refractivity contribution in [2.75, 3.05) is 6.61 Å². The number of aryl methyl sites for hydroxylation is 1. The van der Waals surface area contributed by atoms with Gasteiger partial charge in [-0.05, 0) is 31.0 Å². The number of ether oxygens (including phenoxy) is 1. The van der Waals surface area contributed by atoms with Crippen LogP contribution in [0.3, 0.4) is 0 Å². The number of thiazole rings is 1. The predicted octanol–water partition coefficient (Wildman–Crippen LogP) is 3.48. The Morgan fingerprint density at radius 3 is 2.63 bits per heavy atom. The van der Waals surface area contributed by atoms with E-state index in [9.17, 15) is 0 Å². The highest BCUT2D eigenvalue weighted by atomic mass is 32.1. The number of benzene rings is 1. The Labute approximate surface area is 118 Å². The van der Waals surface area contributed by atoms with Gasteiger partial charge in [0.15, 0.2) is 0 Å². The molecule has 0 aliphatic carbocycles. The van der Waals surface area contributed by atoms with E-state index in [4.69, 9.17) is 10.5 Å². The van der Waals surface area contributed by atoms with Crippen LogP contribution in [0.5, 0.6) is 5.75 Å². The van der Waals surface area contributed by atoms with E-state index in [1.807, 2.05) is 31.2 Å². The first kappa shape index (κ1) is 14.0. The molecule has 4 heteroatoms. The third kappa shape index (κ3) is 4.04. The van der Waals surface area contributed by atoms with Crippen LogP contribution >= 0.6 is 11.3 Å². The first-order valence-electron chi connectivity index (χ1n) is 6.58. The van der Waals surface area contributed by atoms with Gasteiger partial charge in [0.05, 0.1) is 17.3 Å². The molecule has 0 radical (unpaired) electrons. The summed E-state index contributed by atoms with van der Waals surface area (Å²) in [6, 6.07) is 8.03. The Bertz CT molecular complexity index is 507. The Kier molecular flexibility index (Phi) is 4.93. The Hall–Kier alpha value is -1.39. The first-order chi connectivity index (χ1) is 9.19. The van der Waals surface area contributed by atoms with Gasteiger partial charge in [-0.3, -0.25) is 0 Å². The number of hydrogen-bond donors (Lipinski definition) is 1. The molecule has 19 heavy (non-hydrogen) atoms. The molecule has 0 aliphatic heterocycles. The van der Waals surface area contributed by atoms with Crippen LogP contribution in [0.1, 0.15) is 35.7 Å². The van der Waals surface area contributed by atoms with Crippen LogP contribution in [-0.4, -0.2) is 11.6 Å². The van der Waals surface area contributed by atoms with Crippen LogP contribution in [0.4, 0.5) is 0 Å². The summed E-state index contributed by atoms with van der Waals surface area (Å²) in [7, 11) is 0. The lowest BCUT2D eigenvalue weighted by molar-refractivity contribution is 0.317. The summed E-state index contributed by atoms with van der Waals surface area (Å²) in [5, 5.41) is 3.17. The van der Waals surface area contributed by atoms with Gasteiger partial charge in [0, 0.05) is 17.8 Å². The molecule has 0 fully saturated rings. The molecule has 102 valence electrons. The normalized spacial score (nSPS) is 12.4. The second-order valence-electron chi connectivity index (χ2n) is 4.59. The van der Waals surface area contributed by atoms with E-state index in [2.05, 4.69) is 17.3 Å². The molecule has 2 rings (SSSR count). The van der Waals surface area contributed by atoms with Crippen molar-refractivity contribution in [3.8, 4) is 5.75 Å². The van der Waals surface area contributed by atoms with Gasteiger partial charge in [-0.1, -0.05) is 19.1 Å².